The summed E-state index contributed by atoms with van der Waals surface area (Å²) in [4.78, 5) is 19.4. The Morgan fingerprint density at radius 1 is 1.14 bits per heavy atom. The SMILES string of the molecule is O=C(NCCN1CCCCC1)c1csc(CSc2nnc(-c3ccco3)n2-c2ccc(F)cc2)n1. The van der Waals surface area contributed by atoms with E-state index in [2.05, 4.69) is 25.4 Å². The Balaban J connectivity index is 1.24. The zero-order chi connectivity index (χ0) is 24.0. The summed E-state index contributed by atoms with van der Waals surface area (Å²) in [6, 6.07) is 9.71. The molecule has 1 aliphatic heterocycles. The largest absolute Gasteiger partial charge is 0.461 e. The first-order chi connectivity index (χ1) is 17.2. The Morgan fingerprint density at radius 2 is 1.97 bits per heavy atom. The van der Waals surface area contributed by atoms with Gasteiger partial charge in [0.2, 0.25) is 5.82 Å². The van der Waals surface area contributed by atoms with E-state index in [0.717, 1.165) is 30.3 Å². The van der Waals surface area contributed by atoms with Gasteiger partial charge in [-0.2, -0.15) is 0 Å². The third-order valence-corrected chi connectivity index (χ3v) is 7.70. The number of carbonyl (C=O) groups excluding carboxylic acids is 1. The number of likely N-dealkylation sites (tertiary alicyclic amines) is 1. The van der Waals surface area contributed by atoms with Gasteiger partial charge in [0.25, 0.3) is 5.91 Å². The average molecular weight is 513 g/mol. The first kappa shape index (κ1) is 23.7. The number of halogens is 1. The zero-order valence-corrected chi connectivity index (χ0v) is 20.7. The minimum absolute atomic E-state index is 0.149. The second kappa shape index (κ2) is 11.1. The normalized spacial score (nSPS) is 14.3. The molecule has 0 aliphatic carbocycles. The summed E-state index contributed by atoms with van der Waals surface area (Å²) < 4.78 is 20.8. The number of hydrogen-bond acceptors (Lipinski definition) is 8. The van der Waals surface area contributed by atoms with E-state index in [1.165, 1.54) is 54.5 Å². The van der Waals surface area contributed by atoms with Crippen LogP contribution in [-0.4, -0.2) is 56.7 Å². The van der Waals surface area contributed by atoms with Gasteiger partial charge in [-0.15, -0.1) is 21.5 Å². The van der Waals surface area contributed by atoms with Crippen molar-refractivity contribution in [2.24, 2.45) is 0 Å². The minimum atomic E-state index is -0.319. The monoisotopic (exact) mass is 512 g/mol. The Kier molecular flexibility index (Phi) is 7.55. The van der Waals surface area contributed by atoms with E-state index < -0.39 is 0 Å². The maximum atomic E-state index is 13.5. The van der Waals surface area contributed by atoms with Gasteiger partial charge in [0.1, 0.15) is 16.5 Å². The van der Waals surface area contributed by atoms with Crippen molar-refractivity contribution in [2.45, 2.75) is 30.2 Å². The number of furan rings is 1. The zero-order valence-electron chi connectivity index (χ0n) is 19.0. The third kappa shape index (κ3) is 5.80. The predicted octanol–water partition coefficient (Wildman–Crippen LogP) is 4.63. The number of amides is 1. The van der Waals surface area contributed by atoms with Gasteiger partial charge in [-0.3, -0.25) is 9.36 Å². The van der Waals surface area contributed by atoms with Crippen molar-refractivity contribution in [3.05, 3.63) is 64.6 Å². The highest BCUT2D eigenvalue weighted by Crippen LogP contribution is 2.30. The van der Waals surface area contributed by atoms with Gasteiger partial charge in [0, 0.05) is 18.5 Å². The highest BCUT2D eigenvalue weighted by molar-refractivity contribution is 7.98. The number of thiazole rings is 1. The summed E-state index contributed by atoms with van der Waals surface area (Å²) in [7, 11) is 0. The molecule has 0 radical (unpaired) electrons. The standard InChI is InChI=1S/C24H25FN6O2S2/c25-17-6-8-18(9-7-17)31-22(20-5-4-14-33-20)28-29-24(31)35-16-21-27-19(15-34-21)23(32)26-10-13-30-11-2-1-3-12-30/h4-9,14-15H,1-3,10-13,16H2,(H,26,32). The Labute approximate surface area is 210 Å². The van der Waals surface area contributed by atoms with E-state index in [9.17, 15) is 9.18 Å². The van der Waals surface area contributed by atoms with Gasteiger partial charge < -0.3 is 14.6 Å². The molecule has 1 amide bonds. The van der Waals surface area contributed by atoms with Crippen molar-refractivity contribution in [1.82, 2.24) is 30.0 Å². The van der Waals surface area contributed by atoms with E-state index in [0.29, 0.717) is 34.7 Å². The van der Waals surface area contributed by atoms with Gasteiger partial charge >= 0.3 is 0 Å². The molecule has 182 valence electrons. The topological polar surface area (TPSA) is 89.1 Å². The molecular formula is C24H25FN6O2S2. The molecule has 0 spiro atoms. The van der Waals surface area contributed by atoms with Crippen molar-refractivity contribution in [1.29, 1.82) is 0 Å². The molecule has 5 rings (SSSR count). The lowest BCUT2D eigenvalue weighted by Gasteiger charge is -2.26. The molecule has 3 aromatic heterocycles. The molecule has 0 unspecified atom stereocenters. The van der Waals surface area contributed by atoms with Crippen molar-refractivity contribution in [3.63, 3.8) is 0 Å². The van der Waals surface area contributed by atoms with Crippen LogP contribution in [0.5, 0.6) is 0 Å². The molecule has 1 aromatic carbocycles. The first-order valence-corrected chi connectivity index (χ1v) is 13.4. The molecule has 1 saturated heterocycles. The van der Waals surface area contributed by atoms with Gasteiger partial charge in [-0.1, -0.05) is 18.2 Å². The molecule has 0 saturated carbocycles. The number of hydrogen-bond donors (Lipinski definition) is 1. The summed E-state index contributed by atoms with van der Waals surface area (Å²) in [5.41, 5.74) is 1.15. The molecule has 0 atom stereocenters. The van der Waals surface area contributed by atoms with Crippen LogP contribution in [0.25, 0.3) is 17.3 Å². The van der Waals surface area contributed by atoms with Crippen LogP contribution in [0, 0.1) is 5.82 Å². The summed E-state index contributed by atoms with van der Waals surface area (Å²) in [5.74, 6) is 1.14. The van der Waals surface area contributed by atoms with Crippen molar-refractivity contribution in [3.8, 4) is 17.3 Å². The van der Waals surface area contributed by atoms with Gasteiger partial charge in [-0.05, 0) is 62.3 Å². The number of nitrogens with one attached hydrogen (secondary N) is 1. The maximum absolute atomic E-state index is 13.5. The second-order valence-electron chi connectivity index (χ2n) is 8.17. The molecule has 4 aromatic rings. The van der Waals surface area contributed by atoms with Crippen LogP contribution >= 0.6 is 23.1 Å². The molecule has 4 heterocycles. The average Bonchev–Trinajstić information content (AvgIpc) is 3.65. The quantitative estimate of drug-likeness (QED) is 0.327. The second-order valence-corrected chi connectivity index (χ2v) is 10.1. The van der Waals surface area contributed by atoms with Gasteiger partial charge in [-0.25, -0.2) is 9.37 Å². The highest BCUT2D eigenvalue weighted by Gasteiger charge is 2.19. The Hall–Kier alpha value is -3.02. The summed E-state index contributed by atoms with van der Waals surface area (Å²) in [5, 5.41) is 14.8. The van der Waals surface area contributed by atoms with Gasteiger partial charge in [0.15, 0.2) is 10.9 Å². The maximum Gasteiger partial charge on any atom is 0.270 e. The fourth-order valence-electron chi connectivity index (χ4n) is 3.96. The third-order valence-electron chi connectivity index (χ3n) is 5.73. The molecule has 1 N–H and O–H groups in total. The fourth-order valence-corrected chi connectivity index (χ4v) is 5.70. The molecular weight excluding hydrogens is 487 g/mol. The summed E-state index contributed by atoms with van der Waals surface area (Å²) >= 11 is 2.88. The molecule has 35 heavy (non-hydrogen) atoms. The first-order valence-electron chi connectivity index (χ1n) is 11.5. The smallest absolute Gasteiger partial charge is 0.270 e. The number of nitrogens with zero attached hydrogens (tertiary/aromatic N) is 5. The highest BCUT2D eigenvalue weighted by atomic mass is 32.2. The van der Waals surface area contributed by atoms with Gasteiger partial charge in [0.05, 0.1) is 17.7 Å². The van der Waals surface area contributed by atoms with E-state index in [1.807, 2.05) is 4.57 Å². The number of piperidine rings is 1. The number of rotatable bonds is 9. The van der Waals surface area contributed by atoms with Crippen LogP contribution in [0.4, 0.5) is 4.39 Å². The van der Waals surface area contributed by atoms with E-state index in [-0.39, 0.29) is 11.7 Å². The lowest BCUT2D eigenvalue weighted by atomic mass is 10.1. The predicted molar refractivity (Wildman–Crippen MR) is 133 cm³/mol. The fraction of sp³-hybridized carbons (Fsp3) is 0.333. The number of aromatic nitrogens is 4. The molecule has 1 fully saturated rings. The van der Waals surface area contributed by atoms with Crippen LogP contribution in [0.15, 0.2) is 57.6 Å². The minimum Gasteiger partial charge on any atom is -0.461 e. The molecule has 11 heteroatoms. The van der Waals surface area contributed by atoms with E-state index in [1.54, 1.807) is 35.9 Å². The lowest BCUT2D eigenvalue weighted by Crippen LogP contribution is -2.37. The summed E-state index contributed by atoms with van der Waals surface area (Å²) in [6.45, 7) is 3.71. The summed E-state index contributed by atoms with van der Waals surface area (Å²) in [6.07, 6.45) is 5.34. The molecule has 1 aliphatic rings. The Morgan fingerprint density at radius 3 is 2.74 bits per heavy atom. The van der Waals surface area contributed by atoms with Crippen molar-refractivity contribution >= 4 is 29.0 Å². The van der Waals surface area contributed by atoms with Crippen LogP contribution in [0.1, 0.15) is 34.8 Å². The van der Waals surface area contributed by atoms with Crippen molar-refractivity contribution in [2.75, 3.05) is 26.2 Å². The Bertz CT molecular complexity index is 1250. The van der Waals surface area contributed by atoms with E-state index >= 15 is 0 Å². The van der Waals surface area contributed by atoms with Crippen LogP contribution < -0.4 is 5.32 Å². The molecule has 0 bridgehead atoms. The lowest BCUT2D eigenvalue weighted by molar-refractivity contribution is 0.0942. The number of carbonyl (C=O) groups is 1. The van der Waals surface area contributed by atoms with Crippen LogP contribution in [0.3, 0.4) is 0 Å². The van der Waals surface area contributed by atoms with Crippen LogP contribution in [-0.2, 0) is 5.75 Å². The van der Waals surface area contributed by atoms with E-state index in [4.69, 9.17) is 4.42 Å². The molecule has 8 nitrogen and oxygen atoms in total. The van der Waals surface area contributed by atoms with Crippen molar-refractivity contribution < 1.29 is 13.6 Å². The van der Waals surface area contributed by atoms with Crippen LogP contribution in [0.2, 0.25) is 0 Å². The number of thioether (sulfide) groups is 1. The number of benzene rings is 1.